The fourth-order valence-corrected chi connectivity index (χ4v) is 1.67. The molecule has 110 valence electrons. The molecule has 0 aromatic heterocycles. The molecule has 20 heavy (non-hydrogen) atoms. The van der Waals surface area contributed by atoms with Crippen LogP contribution in [0.4, 0.5) is 5.69 Å². The second-order valence-corrected chi connectivity index (χ2v) is 5.06. The lowest BCUT2D eigenvalue weighted by atomic mass is 10.1. The Morgan fingerprint density at radius 1 is 1.20 bits per heavy atom. The van der Waals surface area contributed by atoms with E-state index in [0.717, 1.165) is 0 Å². The first-order chi connectivity index (χ1) is 9.52. The molecule has 1 aromatic rings. The van der Waals surface area contributed by atoms with Gasteiger partial charge in [0.1, 0.15) is 0 Å². The van der Waals surface area contributed by atoms with E-state index in [9.17, 15) is 9.59 Å². The van der Waals surface area contributed by atoms with Gasteiger partial charge in [-0.25, -0.2) is 0 Å². The van der Waals surface area contributed by atoms with Gasteiger partial charge in [-0.15, -0.1) is 0 Å². The topological polar surface area (TPSA) is 78.4 Å². The molecule has 0 radical (unpaired) electrons. The smallest absolute Gasteiger partial charge is 0.251 e. The molecule has 1 aromatic carbocycles. The molecule has 0 saturated heterocycles. The molecule has 0 atom stereocenters. The van der Waals surface area contributed by atoms with Crippen molar-refractivity contribution in [3.8, 4) is 0 Å². The molecule has 0 aliphatic rings. The first-order valence-electron chi connectivity index (χ1n) is 6.82. The first kappa shape index (κ1) is 16.2. The van der Waals surface area contributed by atoms with Crippen molar-refractivity contribution in [2.75, 3.05) is 18.5 Å². The number of rotatable bonds is 7. The third-order valence-electron chi connectivity index (χ3n) is 2.64. The van der Waals surface area contributed by atoms with E-state index in [1.165, 1.54) is 0 Å². The van der Waals surface area contributed by atoms with Crippen LogP contribution in [0, 0.1) is 5.92 Å². The van der Waals surface area contributed by atoms with E-state index >= 15 is 0 Å². The van der Waals surface area contributed by atoms with Crippen molar-refractivity contribution in [3.63, 3.8) is 0 Å². The summed E-state index contributed by atoms with van der Waals surface area (Å²) < 4.78 is 0. The van der Waals surface area contributed by atoms with Gasteiger partial charge in [-0.1, -0.05) is 13.8 Å². The van der Waals surface area contributed by atoms with E-state index in [0.29, 0.717) is 36.6 Å². The number of hydrogen-bond donors (Lipinski definition) is 3. The summed E-state index contributed by atoms with van der Waals surface area (Å²) in [5.74, 6) is 0.102. The van der Waals surface area contributed by atoms with E-state index in [1.54, 1.807) is 24.3 Å². The van der Waals surface area contributed by atoms with E-state index in [1.807, 2.05) is 13.8 Å². The van der Waals surface area contributed by atoms with E-state index in [-0.39, 0.29) is 18.4 Å². The normalized spacial score (nSPS) is 10.4. The van der Waals surface area contributed by atoms with Crippen LogP contribution in [0.5, 0.6) is 0 Å². The van der Waals surface area contributed by atoms with Crippen LogP contribution in [-0.4, -0.2) is 30.1 Å². The summed E-state index contributed by atoms with van der Waals surface area (Å²) in [5, 5.41) is 14.1. The predicted molar refractivity (Wildman–Crippen MR) is 78.6 cm³/mol. The van der Waals surface area contributed by atoms with Crippen molar-refractivity contribution in [2.24, 2.45) is 5.92 Å². The zero-order valence-corrected chi connectivity index (χ0v) is 12.0. The third-order valence-corrected chi connectivity index (χ3v) is 2.64. The molecule has 0 fully saturated rings. The quantitative estimate of drug-likeness (QED) is 0.665. The summed E-state index contributed by atoms with van der Waals surface area (Å²) in [6, 6.07) is 6.75. The van der Waals surface area contributed by atoms with Crippen molar-refractivity contribution in [3.05, 3.63) is 29.8 Å². The Hall–Kier alpha value is -1.88. The number of benzene rings is 1. The predicted octanol–water partition coefficient (Wildman–Crippen LogP) is 1.78. The average molecular weight is 278 g/mol. The van der Waals surface area contributed by atoms with Gasteiger partial charge >= 0.3 is 0 Å². The van der Waals surface area contributed by atoms with Crippen LogP contribution in [-0.2, 0) is 4.79 Å². The molecule has 3 N–H and O–H groups in total. The number of aliphatic hydroxyl groups excluding tert-OH is 1. The maximum atomic E-state index is 11.7. The Bertz CT molecular complexity index is 441. The number of amides is 2. The van der Waals surface area contributed by atoms with Gasteiger partial charge in [0, 0.05) is 30.8 Å². The van der Waals surface area contributed by atoms with Gasteiger partial charge in [0.05, 0.1) is 0 Å². The van der Waals surface area contributed by atoms with Crippen LogP contribution in [0.1, 0.15) is 37.0 Å². The number of nitrogens with one attached hydrogen (secondary N) is 2. The third kappa shape index (κ3) is 5.84. The van der Waals surface area contributed by atoms with Crippen LogP contribution in [0.2, 0.25) is 0 Å². The van der Waals surface area contributed by atoms with Gasteiger partial charge < -0.3 is 15.7 Å². The number of carbonyl (C=O) groups is 2. The SMILES string of the molecule is CC(C)CC(=O)Nc1ccc(C(=O)NCCCO)cc1. The summed E-state index contributed by atoms with van der Waals surface area (Å²) in [5.41, 5.74) is 1.22. The van der Waals surface area contributed by atoms with Crippen LogP contribution >= 0.6 is 0 Å². The minimum Gasteiger partial charge on any atom is -0.396 e. The average Bonchev–Trinajstić information content (AvgIpc) is 2.38. The fourth-order valence-electron chi connectivity index (χ4n) is 1.67. The lowest BCUT2D eigenvalue weighted by molar-refractivity contribution is -0.116. The molecule has 0 aliphatic heterocycles. The van der Waals surface area contributed by atoms with Gasteiger partial charge in [-0.3, -0.25) is 9.59 Å². The minimum absolute atomic E-state index is 0.0276. The van der Waals surface area contributed by atoms with Gasteiger partial charge in [0.25, 0.3) is 5.91 Å². The fraction of sp³-hybridized carbons (Fsp3) is 0.467. The number of carbonyl (C=O) groups excluding carboxylic acids is 2. The highest BCUT2D eigenvalue weighted by Crippen LogP contribution is 2.11. The van der Waals surface area contributed by atoms with Crippen LogP contribution in [0.25, 0.3) is 0 Å². The molecule has 5 nitrogen and oxygen atoms in total. The highest BCUT2D eigenvalue weighted by molar-refractivity contribution is 5.95. The van der Waals surface area contributed by atoms with E-state index < -0.39 is 0 Å². The van der Waals surface area contributed by atoms with Crippen molar-refractivity contribution in [1.82, 2.24) is 5.32 Å². The van der Waals surface area contributed by atoms with Crippen LogP contribution in [0.15, 0.2) is 24.3 Å². The maximum Gasteiger partial charge on any atom is 0.251 e. The van der Waals surface area contributed by atoms with Gasteiger partial charge in [-0.05, 0) is 36.6 Å². The van der Waals surface area contributed by atoms with Gasteiger partial charge in [0.2, 0.25) is 5.91 Å². The summed E-state index contributed by atoms with van der Waals surface area (Å²) in [4.78, 5) is 23.3. The van der Waals surface area contributed by atoms with Crippen molar-refractivity contribution < 1.29 is 14.7 Å². The lowest BCUT2D eigenvalue weighted by Crippen LogP contribution is -2.25. The number of aliphatic hydroxyl groups is 1. The minimum atomic E-state index is -0.182. The monoisotopic (exact) mass is 278 g/mol. The van der Waals surface area contributed by atoms with E-state index in [4.69, 9.17) is 5.11 Å². The maximum absolute atomic E-state index is 11.7. The lowest BCUT2D eigenvalue weighted by Gasteiger charge is -2.08. The van der Waals surface area contributed by atoms with Crippen molar-refractivity contribution in [2.45, 2.75) is 26.7 Å². The molecule has 1 rings (SSSR count). The Kier molecular flexibility index (Phi) is 6.73. The molecule has 0 unspecified atom stereocenters. The summed E-state index contributed by atoms with van der Waals surface area (Å²) in [7, 11) is 0. The highest BCUT2D eigenvalue weighted by atomic mass is 16.3. The second-order valence-electron chi connectivity index (χ2n) is 5.06. The number of anilines is 1. The van der Waals surface area contributed by atoms with Crippen molar-refractivity contribution >= 4 is 17.5 Å². The van der Waals surface area contributed by atoms with Gasteiger partial charge in [0.15, 0.2) is 0 Å². The Labute approximate surface area is 119 Å². The summed E-state index contributed by atoms with van der Waals surface area (Å²) >= 11 is 0. The molecular formula is C15H22N2O3. The molecule has 0 heterocycles. The highest BCUT2D eigenvalue weighted by Gasteiger charge is 2.07. The molecule has 5 heteroatoms. The van der Waals surface area contributed by atoms with Crippen LogP contribution < -0.4 is 10.6 Å². The zero-order chi connectivity index (χ0) is 15.0. The second kappa shape index (κ2) is 8.32. The zero-order valence-electron chi connectivity index (χ0n) is 12.0. The Morgan fingerprint density at radius 3 is 2.40 bits per heavy atom. The summed E-state index contributed by atoms with van der Waals surface area (Å²) in [6.07, 6.45) is 1.01. The molecule has 0 aliphatic carbocycles. The summed E-state index contributed by atoms with van der Waals surface area (Å²) in [6.45, 7) is 4.47. The van der Waals surface area contributed by atoms with Crippen molar-refractivity contribution in [1.29, 1.82) is 0 Å². The molecule has 0 spiro atoms. The molecule has 2 amide bonds. The van der Waals surface area contributed by atoms with Crippen LogP contribution in [0.3, 0.4) is 0 Å². The standard InChI is InChI=1S/C15H22N2O3/c1-11(2)10-14(19)17-13-6-4-12(5-7-13)15(20)16-8-3-9-18/h4-7,11,18H,3,8-10H2,1-2H3,(H,16,20)(H,17,19). The molecular weight excluding hydrogens is 256 g/mol. The Morgan fingerprint density at radius 2 is 1.85 bits per heavy atom. The van der Waals surface area contributed by atoms with Gasteiger partial charge in [-0.2, -0.15) is 0 Å². The van der Waals surface area contributed by atoms with E-state index in [2.05, 4.69) is 10.6 Å². The Balaban J connectivity index is 2.51. The molecule has 0 bridgehead atoms. The molecule has 0 saturated carbocycles. The number of hydrogen-bond acceptors (Lipinski definition) is 3. The first-order valence-corrected chi connectivity index (χ1v) is 6.82. The largest absolute Gasteiger partial charge is 0.396 e.